The standard InChI is InChI=1S/C10H17N3/c1-4-6-11-10-7-8(3)9(5-2)12-13-10/h7H,4-6H2,1-3H3,(H,11,13). The van der Waals surface area contributed by atoms with Crippen LogP contribution in [0.25, 0.3) is 0 Å². The van der Waals surface area contributed by atoms with Gasteiger partial charge >= 0.3 is 0 Å². The molecular weight excluding hydrogens is 162 g/mol. The molecule has 0 aliphatic rings. The second-order valence-corrected chi connectivity index (χ2v) is 3.14. The minimum atomic E-state index is 0.886. The number of rotatable bonds is 4. The average Bonchev–Trinajstić information content (AvgIpc) is 2.15. The molecule has 1 aromatic heterocycles. The van der Waals surface area contributed by atoms with Crippen molar-refractivity contribution >= 4 is 5.82 Å². The van der Waals surface area contributed by atoms with E-state index in [1.807, 2.05) is 0 Å². The second kappa shape index (κ2) is 4.80. The molecule has 0 amide bonds. The predicted molar refractivity (Wildman–Crippen MR) is 54.9 cm³/mol. The Morgan fingerprint density at radius 2 is 2.08 bits per heavy atom. The van der Waals surface area contributed by atoms with Gasteiger partial charge in [-0.15, -0.1) is 5.10 Å². The molecule has 0 aromatic carbocycles. The fourth-order valence-electron chi connectivity index (χ4n) is 1.20. The van der Waals surface area contributed by atoms with Gasteiger partial charge in [-0.1, -0.05) is 13.8 Å². The van der Waals surface area contributed by atoms with Crippen LogP contribution in [0.15, 0.2) is 6.07 Å². The maximum Gasteiger partial charge on any atom is 0.148 e. The van der Waals surface area contributed by atoms with Crippen LogP contribution in [-0.4, -0.2) is 16.7 Å². The third-order valence-corrected chi connectivity index (χ3v) is 1.98. The Morgan fingerprint density at radius 1 is 1.31 bits per heavy atom. The molecule has 1 rings (SSSR count). The zero-order valence-corrected chi connectivity index (χ0v) is 8.59. The quantitative estimate of drug-likeness (QED) is 0.769. The van der Waals surface area contributed by atoms with Crippen molar-refractivity contribution in [3.63, 3.8) is 0 Å². The third kappa shape index (κ3) is 2.68. The van der Waals surface area contributed by atoms with E-state index < -0.39 is 0 Å². The summed E-state index contributed by atoms with van der Waals surface area (Å²) in [5.74, 6) is 0.886. The van der Waals surface area contributed by atoms with E-state index in [2.05, 4.69) is 42.4 Å². The molecule has 1 heterocycles. The van der Waals surface area contributed by atoms with Gasteiger partial charge in [0.15, 0.2) is 0 Å². The largest absolute Gasteiger partial charge is 0.369 e. The van der Waals surface area contributed by atoms with Gasteiger partial charge in [0.25, 0.3) is 0 Å². The van der Waals surface area contributed by atoms with E-state index in [4.69, 9.17) is 0 Å². The maximum absolute atomic E-state index is 4.14. The van der Waals surface area contributed by atoms with E-state index in [9.17, 15) is 0 Å². The first-order chi connectivity index (χ1) is 6.27. The summed E-state index contributed by atoms with van der Waals surface area (Å²) in [4.78, 5) is 0. The molecule has 72 valence electrons. The van der Waals surface area contributed by atoms with Crippen LogP contribution >= 0.6 is 0 Å². The Hall–Kier alpha value is -1.12. The van der Waals surface area contributed by atoms with Crippen molar-refractivity contribution < 1.29 is 0 Å². The van der Waals surface area contributed by atoms with Crippen molar-refractivity contribution in [2.24, 2.45) is 0 Å². The number of hydrogen-bond donors (Lipinski definition) is 1. The van der Waals surface area contributed by atoms with Gasteiger partial charge in [0.05, 0.1) is 5.69 Å². The zero-order chi connectivity index (χ0) is 9.68. The summed E-state index contributed by atoms with van der Waals surface area (Å²) in [5, 5.41) is 11.4. The van der Waals surface area contributed by atoms with E-state index in [1.165, 1.54) is 5.56 Å². The monoisotopic (exact) mass is 179 g/mol. The smallest absolute Gasteiger partial charge is 0.148 e. The Kier molecular flexibility index (Phi) is 3.68. The van der Waals surface area contributed by atoms with Gasteiger partial charge in [0.1, 0.15) is 5.82 Å². The van der Waals surface area contributed by atoms with Crippen LogP contribution in [-0.2, 0) is 6.42 Å². The molecule has 0 radical (unpaired) electrons. The van der Waals surface area contributed by atoms with Gasteiger partial charge in [-0.2, -0.15) is 5.10 Å². The topological polar surface area (TPSA) is 37.8 Å². The SMILES string of the molecule is CCCNc1cc(C)c(CC)nn1. The summed E-state index contributed by atoms with van der Waals surface area (Å²) in [5.41, 5.74) is 2.30. The fraction of sp³-hybridized carbons (Fsp3) is 0.600. The minimum absolute atomic E-state index is 0.886. The lowest BCUT2D eigenvalue weighted by molar-refractivity contribution is 0.885. The first kappa shape index (κ1) is 9.96. The van der Waals surface area contributed by atoms with Crippen molar-refractivity contribution in [1.29, 1.82) is 0 Å². The Balaban J connectivity index is 2.71. The Labute approximate surface area is 79.6 Å². The van der Waals surface area contributed by atoms with Crippen LogP contribution in [0, 0.1) is 6.92 Å². The fourth-order valence-corrected chi connectivity index (χ4v) is 1.20. The number of aryl methyl sites for hydroxylation is 2. The molecule has 0 fully saturated rings. The lowest BCUT2D eigenvalue weighted by Crippen LogP contribution is -2.05. The summed E-state index contributed by atoms with van der Waals surface area (Å²) < 4.78 is 0. The van der Waals surface area contributed by atoms with Gasteiger partial charge in [0.2, 0.25) is 0 Å². The summed E-state index contributed by atoms with van der Waals surface area (Å²) in [6.07, 6.45) is 2.06. The van der Waals surface area contributed by atoms with E-state index in [-0.39, 0.29) is 0 Å². The molecule has 0 atom stereocenters. The summed E-state index contributed by atoms with van der Waals surface area (Å²) >= 11 is 0. The number of hydrogen-bond acceptors (Lipinski definition) is 3. The molecule has 1 N–H and O–H groups in total. The Morgan fingerprint density at radius 3 is 2.62 bits per heavy atom. The highest BCUT2D eigenvalue weighted by Crippen LogP contribution is 2.09. The van der Waals surface area contributed by atoms with Crippen LogP contribution in [0.4, 0.5) is 5.82 Å². The van der Waals surface area contributed by atoms with Crippen LogP contribution in [0.2, 0.25) is 0 Å². The molecule has 3 heteroatoms. The van der Waals surface area contributed by atoms with Gasteiger partial charge < -0.3 is 5.32 Å². The van der Waals surface area contributed by atoms with E-state index in [1.54, 1.807) is 0 Å². The van der Waals surface area contributed by atoms with Gasteiger partial charge in [-0.3, -0.25) is 0 Å². The molecule has 0 aliphatic carbocycles. The summed E-state index contributed by atoms with van der Waals surface area (Å²) in [6, 6.07) is 2.06. The number of anilines is 1. The Bertz CT molecular complexity index is 271. The van der Waals surface area contributed by atoms with Crippen molar-refractivity contribution in [3.8, 4) is 0 Å². The second-order valence-electron chi connectivity index (χ2n) is 3.14. The zero-order valence-electron chi connectivity index (χ0n) is 8.59. The van der Waals surface area contributed by atoms with E-state index in [0.717, 1.165) is 30.9 Å². The lowest BCUT2D eigenvalue weighted by atomic mass is 10.2. The van der Waals surface area contributed by atoms with E-state index in [0.29, 0.717) is 0 Å². The molecule has 0 bridgehead atoms. The molecule has 13 heavy (non-hydrogen) atoms. The van der Waals surface area contributed by atoms with Crippen LogP contribution in [0.5, 0.6) is 0 Å². The van der Waals surface area contributed by atoms with Crippen molar-refractivity contribution in [2.45, 2.75) is 33.6 Å². The minimum Gasteiger partial charge on any atom is -0.369 e. The van der Waals surface area contributed by atoms with Gasteiger partial charge in [0, 0.05) is 6.54 Å². The molecule has 0 saturated carbocycles. The molecule has 0 spiro atoms. The lowest BCUT2D eigenvalue weighted by Gasteiger charge is -2.05. The van der Waals surface area contributed by atoms with Crippen molar-refractivity contribution in [3.05, 3.63) is 17.3 Å². The van der Waals surface area contributed by atoms with Crippen molar-refractivity contribution in [2.75, 3.05) is 11.9 Å². The summed E-state index contributed by atoms with van der Waals surface area (Å²) in [6.45, 7) is 7.26. The number of aromatic nitrogens is 2. The first-order valence-electron chi connectivity index (χ1n) is 4.85. The molecule has 0 unspecified atom stereocenters. The maximum atomic E-state index is 4.14. The number of nitrogens with zero attached hydrogens (tertiary/aromatic N) is 2. The highest BCUT2D eigenvalue weighted by Gasteiger charge is 1.99. The van der Waals surface area contributed by atoms with Crippen LogP contribution in [0.1, 0.15) is 31.5 Å². The normalized spacial score (nSPS) is 10.1. The molecule has 0 saturated heterocycles. The predicted octanol–water partition coefficient (Wildman–Crippen LogP) is 2.17. The molecule has 0 aliphatic heterocycles. The van der Waals surface area contributed by atoms with E-state index >= 15 is 0 Å². The van der Waals surface area contributed by atoms with Gasteiger partial charge in [-0.25, -0.2) is 0 Å². The molecule has 3 nitrogen and oxygen atoms in total. The highest BCUT2D eigenvalue weighted by atomic mass is 15.2. The number of nitrogens with one attached hydrogen (secondary N) is 1. The summed E-state index contributed by atoms with van der Waals surface area (Å²) in [7, 11) is 0. The first-order valence-corrected chi connectivity index (χ1v) is 4.85. The van der Waals surface area contributed by atoms with Crippen molar-refractivity contribution in [1.82, 2.24) is 10.2 Å². The average molecular weight is 179 g/mol. The van der Waals surface area contributed by atoms with Crippen LogP contribution in [0.3, 0.4) is 0 Å². The molecule has 1 aromatic rings. The van der Waals surface area contributed by atoms with Gasteiger partial charge in [-0.05, 0) is 31.4 Å². The van der Waals surface area contributed by atoms with Crippen LogP contribution < -0.4 is 5.32 Å². The highest BCUT2D eigenvalue weighted by molar-refractivity contribution is 5.37. The molecular formula is C10H17N3. The third-order valence-electron chi connectivity index (χ3n) is 1.98.